The maximum atomic E-state index is 13.1. The normalized spacial score (nSPS) is 13.7. The SMILES string of the molecule is NC(=O)c1ccccc1OCc1cccc(C(=O)N2CCN(CC(=O)NCc3ccccc3)CC2)c1. The fourth-order valence-corrected chi connectivity index (χ4v) is 4.10. The van der Waals surface area contributed by atoms with Crippen LogP contribution in [0.5, 0.6) is 5.75 Å². The first-order valence-electron chi connectivity index (χ1n) is 11.9. The van der Waals surface area contributed by atoms with Crippen molar-refractivity contribution in [3.05, 3.63) is 101 Å². The number of carbonyl (C=O) groups excluding carboxylic acids is 3. The van der Waals surface area contributed by atoms with Gasteiger partial charge in [-0.05, 0) is 35.4 Å². The lowest BCUT2D eigenvalue weighted by Crippen LogP contribution is -2.51. The minimum absolute atomic E-state index is 0.0239. The molecule has 1 aliphatic rings. The molecule has 0 atom stereocenters. The molecule has 3 N–H and O–H groups in total. The molecular formula is C28H30N4O4. The van der Waals surface area contributed by atoms with Gasteiger partial charge in [0.1, 0.15) is 12.4 Å². The number of ether oxygens (including phenoxy) is 1. The van der Waals surface area contributed by atoms with Crippen molar-refractivity contribution in [2.24, 2.45) is 5.73 Å². The molecule has 0 aromatic heterocycles. The third kappa shape index (κ3) is 6.70. The third-order valence-electron chi connectivity index (χ3n) is 6.08. The minimum atomic E-state index is -0.553. The van der Waals surface area contributed by atoms with Crippen LogP contribution >= 0.6 is 0 Å². The molecule has 3 amide bonds. The van der Waals surface area contributed by atoms with Gasteiger partial charge in [-0.1, -0.05) is 54.6 Å². The number of carbonyl (C=O) groups is 3. The molecule has 0 aliphatic carbocycles. The molecule has 0 bridgehead atoms. The summed E-state index contributed by atoms with van der Waals surface area (Å²) in [7, 11) is 0. The Balaban J connectivity index is 1.26. The van der Waals surface area contributed by atoms with E-state index in [2.05, 4.69) is 10.2 Å². The van der Waals surface area contributed by atoms with E-state index in [0.29, 0.717) is 56.1 Å². The molecule has 1 fully saturated rings. The summed E-state index contributed by atoms with van der Waals surface area (Å²) in [4.78, 5) is 40.9. The summed E-state index contributed by atoms with van der Waals surface area (Å²) >= 11 is 0. The Labute approximate surface area is 210 Å². The predicted octanol–water partition coefficient (Wildman–Crippen LogP) is 2.44. The van der Waals surface area contributed by atoms with Gasteiger partial charge in [0.25, 0.3) is 11.8 Å². The standard InChI is InChI=1S/C28H30N4O4/c29-27(34)24-11-4-5-12-25(24)36-20-22-9-6-10-23(17-22)28(35)32-15-13-31(14-16-32)19-26(33)30-18-21-7-2-1-3-8-21/h1-12,17H,13-16,18-20H2,(H2,29,34)(H,30,33). The van der Waals surface area contributed by atoms with Crippen molar-refractivity contribution in [3.63, 3.8) is 0 Å². The molecule has 8 heteroatoms. The molecule has 0 radical (unpaired) electrons. The quantitative estimate of drug-likeness (QED) is 0.483. The fourth-order valence-electron chi connectivity index (χ4n) is 4.10. The molecule has 186 valence electrons. The van der Waals surface area contributed by atoms with E-state index in [4.69, 9.17) is 10.5 Å². The maximum absolute atomic E-state index is 13.1. The van der Waals surface area contributed by atoms with E-state index in [1.807, 2.05) is 42.5 Å². The van der Waals surface area contributed by atoms with Gasteiger partial charge in [0.2, 0.25) is 5.91 Å². The second-order valence-electron chi connectivity index (χ2n) is 8.68. The summed E-state index contributed by atoms with van der Waals surface area (Å²) in [6, 6.07) is 23.9. The number of hydrogen-bond donors (Lipinski definition) is 2. The van der Waals surface area contributed by atoms with Crippen LogP contribution < -0.4 is 15.8 Å². The Bertz CT molecular complexity index is 1210. The second-order valence-corrected chi connectivity index (χ2v) is 8.68. The average Bonchev–Trinajstić information content (AvgIpc) is 2.91. The Morgan fingerprint density at radius 1 is 0.833 bits per heavy atom. The number of para-hydroxylation sites is 1. The summed E-state index contributed by atoms with van der Waals surface area (Å²) in [6.45, 7) is 3.40. The number of benzene rings is 3. The first kappa shape index (κ1) is 24.9. The molecule has 8 nitrogen and oxygen atoms in total. The van der Waals surface area contributed by atoms with Gasteiger partial charge in [-0.3, -0.25) is 19.3 Å². The molecule has 0 spiro atoms. The molecule has 0 saturated carbocycles. The van der Waals surface area contributed by atoms with Crippen LogP contribution in [-0.2, 0) is 17.9 Å². The van der Waals surface area contributed by atoms with Crippen molar-refractivity contribution in [1.82, 2.24) is 15.1 Å². The van der Waals surface area contributed by atoms with Crippen molar-refractivity contribution in [2.75, 3.05) is 32.7 Å². The highest BCUT2D eigenvalue weighted by atomic mass is 16.5. The van der Waals surface area contributed by atoms with Gasteiger partial charge < -0.3 is 20.7 Å². The van der Waals surface area contributed by atoms with Crippen LogP contribution in [0.2, 0.25) is 0 Å². The second kappa shape index (κ2) is 12.0. The fraction of sp³-hybridized carbons (Fsp3) is 0.250. The van der Waals surface area contributed by atoms with Crippen LogP contribution in [0, 0.1) is 0 Å². The number of primary amides is 1. The Morgan fingerprint density at radius 3 is 2.28 bits per heavy atom. The lowest BCUT2D eigenvalue weighted by molar-refractivity contribution is -0.122. The number of piperazine rings is 1. The van der Waals surface area contributed by atoms with Gasteiger partial charge in [-0.25, -0.2) is 0 Å². The van der Waals surface area contributed by atoms with Crippen molar-refractivity contribution in [1.29, 1.82) is 0 Å². The highest BCUT2D eigenvalue weighted by molar-refractivity contribution is 5.95. The molecular weight excluding hydrogens is 456 g/mol. The molecule has 3 aromatic carbocycles. The zero-order valence-corrected chi connectivity index (χ0v) is 20.1. The maximum Gasteiger partial charge on any atom is 0.253 e. The van der Waals surface area contributed by atoms with Gasteiger partial charge >= 0.3 is 0 Å². The van der Waals surface area contributed by atoms with Gasteiger partial charge in [0.05, 0.1) is 12.1 Å². The smallest absolute Gasteiger partial charge is 0.253 e. The van der Waals surface area contributed by atoms with E-state index in [1.165, 1.54) is 0 Å². The molecule has 0 unspecified atom stereocenters. The van der Waals surface area contributed by atoms with Crippen molar-refractivity contribution in [2.45, 2.75) is 13.2 Å². The van der Waals surface area contributed by atoms with Crippen molar-refractivity contribution in [3.8, 4) is 5.75 Å². The lowest BCUT2D eigenvalue weighted by Gasteiger charge is -2.34. The molecule has 1 heterocycles. The topological polar surface area (TPSA) is 105 Å². The zero-order valence-electron chi connectivity index (χ0n) is 20.1. The number of nitrogens with two attached hydrogens (primary N) is 1. The monoisotopic (exact) mass is 486 g/mol. The zero-order chi connectivity index (χ0) is 25.3. The van der Waals surface area contributed by atoms with E-state index in [-0.39, 0.29) is 18.4 Å². The first-order chi connectivity index (χ1) is 17.5. The average molecular weight is 487 g/mol. The highest BCUT2D eigenvalue weighted by Crippen LogP contribution is 2.19. The van der Waals surface area contributed by atoms with Crippen LogP contribution in [0.3, 0.4) is 0 Å². The van der Waals surface area contributed by atoms with E-state index in [1.54, 1.807) is 41.3 Å². The summed E-state index contributed by atoms with van der Waals surface area (Å²) in [6.07, 6.45) is 0. The predicted molar refractivity (Wildman–Crippen MR) is 136 cm³/mol. The highest BCUT2D eigenvalue weighted by Gasteiger charge is 2.23. The van der Waals surface area contributed by atoms with Crippen molar-refractivity contribution < 1.29 is 19.1 Å². The van der Waals surface area contributed by atoms with E-state index >= 15 is 0 Å². The number of amides is 3. The summed E-state index contributed by atoms with van der Waals surface area (Å²) in [5, 5.41) is 2.95. The van der Waals surface area contributed by atoms with Crippen LogP contribution in [0.25, 0.3) is 0 Å². The van der Waals surface area contributed by atoms with Crippen LogP contribution in [0.1, 0.15) is 31.8 Å². The first-order valence-corrected chi connectivity index (χ1v) is 11.9. The largest absolute Gasteiger partial charge is 0.488 e. The Hall–Kier alpha value is -4.17. The number of nitrogens with one attached hydrogen (secondary N) is 1. The Morgan fingerprint density at radius 2 is 1.53 bits per heavy atom. The number of rotatable bonds is 9. The van der Waals surface area contributed by atoms with Gasteiger partial charge in [-0.2, -0.15) is 0 Å². The van der Waals surface area contributed by atoms with Gasteiger partial charge in [-0.15, -0.1) is 0 Å². The van der Waals surface area contributed by atoms with E-state index in [0.717, 1.165) is 11.1 Å². The lowest BCUT2D eigenvalue weighted by atomic mass is 10.1. The van der Waals surface area contributed by atoms with Gasteiger partial charge in [0, 0.05) is 38.3 Å². The van der Waals surface area contributed by atoms with E-state index < -0.39 is 5.91 Å². The molecule has 3 aromatic rings. The van der Waals surface area contributed by atoms with Crippen LogP contribution in [0.4, 0.5) is 0 Å². The third-order valence-corrected chi connectivity index (χ3v) is 6.08. The summed E-state index contributed by atoms with van der Waals surface area (Å²) in [5.74, 6) is -0.222. The minimum Gasteiger partial charge on any atom is -0.488 e. The van der Waals surface area contributed by atoms with Gasteiger partial charge in [0.15, 0.2) is 0 Å². The summed E-state index contributed by atoms with van der Waals surface area (Å²) < 4.78 is 5.79. The number of nitrogens with zero attached hydrogens (tertiary/aromatic N) is 2. The van der Waals surface area contributed by atoms with Crippen LogP contribution in [-0.4, -0.2) is 60.2 Å². The number of hydrogen-bond acceptors (Lipinski definition) is 5. The van der Waals surface area contributed by atoms with E-state index in [9.17, 15) is 14.4 Å². The Kier molecular flexibility index (Phi) is 8.31. The van der Waals surface area contributed by atoms with Crippen molar-refractivity contribution >= 4 is 17.7 Å². The molecule has 36 heavy (non-hydrogen) atoms. The molecule has 1 aliphatic heterocycles. The summed E-state index contributed by atoms with van der Waals surface area (Å²) in [5.41, 5.74) is 8.18. The van der Waals surface area contributed by atoms with Crippen LogP contribution in [0.15, 0.2) is 78.9 Å². The molecule has 4 rings (SSSR count). The molecule has 1 saturated heterocycles.